The molecule has 0 aliphatic heterocycles. The van der Waals surface area contributed by atoms with E-state index in [-0.39, 0.29) is 0 Å². The number of fused-ring (bicyclic) bond motifs is 1. The minimum atomic E-state index is 0.866. The van der Waals surface area contributed by atoms with Gasteiger partial charge in [-0.25, -0.2) is 4.98 Å². The average molecular weight is 263 g/mol. The first-order chi connectivity index (χ1) is 9.63. The van der Waals surface area contributed by atoms with Gasteiger partial charge in [-0.1, -0.05) is 18.2 Å². The molecule has 3 heteroatoms. The van der Waals surface area contributed by atoms with Crippen molar-refractivity contribution in [2.45, 2.75) is 13.8 Å². The average Bonchev–Trinajstić information content (AvgIpc) is 2.73. The molecule has 0 saturated carbocycles. The van der Waals surface area contributed by atoms with Crippen molar-refractivity contribution in [2.24, 2.45) is 12.0 Å². The van der Waals surface area contributed by atoms with E-state index in [0.29, 0.717) is 0 Å². The highest BCUT2D eigenvalue weighted by molar-refractivity contribution is 5.86. The molecule has 0 aliphatic rings. The largest absolute Gasteiger partial charge is 0.326 e. The van der Waals surface area contributed by atoms with Gasteiger partial charge in [-0.15, -0.1) is 0 Å². The lowest BCUT2D eigenvalue weighted by Gasteiger charge is -2.00. The number of benzene rings is 2. The summed E-state index contributed by atoms with van der Waals surface area (Å²) in [5.41, 5.74) is 5.53. The van der Waals surface area contributed by atoms with Gasteiger partial charge in [0.05, 0.1) is 22.9 Å². The molecule has 0 N–H and O–H groups in total. The molecule has 0 radical (unpaired) electrons. The number of nitrogens with zero attached hydrogens (tertiary/aromatic N) is 3. The zero-order valence-electron chi connectivity index (χ0n) is 12.0. The SMILES string of the molecule is Cc1cc(C)cc(/N=C/c2nc3ccccc3n2C)c1. The van der Waals surface area contributed by atoms with Gasteiger partial charge < -0.3 is 4.57 Å². The predicted molar refractivity (Wildman–Crippen MR) is 83.9 cm³/mol. The van der Waals surface area contributed by atoms with Crippen LogP contribution in [0.25, 0.3) is 11.0 Å². The minimum Gasteiger partial charge on any atom is -0.326 e. The lowest BCUT2D eigenvalue weighted by Crippen LogP contribution is -1.95. The van der Waals surface area contributed by atoms with Gasteiger partial charge in [0.15, 0.2) is 5.82 Å². The maximum absolute atomic E-state index is 4.59. The van der Waals surface area contributed by atoms with Crippen molar-refractivity contribution < 1.29 is 0 Å². The smallest absolute Gasteiger partial charge is 0.152 e. The summed E-state index contributed by atoms with van der Waals surface area (Å²) in [6.45, 7) is 4.17. The third-order valence-corrected chi connectivity index (χ3v) is 3.36. The first kappa shape index (κ1) is 12.6. The highest BCUT2D eigenvalue weighted by Gasteiger charge is 2.04. The monoisotopic (exact) mass is 263 g/mol. The highest BCUT2D eigenvalue weighted by atomic mass is 15.1. The summed E-state index contributed by atoms with van der Waals surface area (Å²) in [7, 11) is 2.01. The summed E-state index contributed by atoms with van der Waals surface area (Å²) in [4.78, 5) is 9.13. The molecule has 1 heterocycles. The lowest BCUT2D eigenvalue weighted by atomic mass is 10.1. The Bertz CT molecular complexity index is 777. The number of hydrogen-bond acceptors (Lipinski definition) is 2. The normalized spacial score (nSPS) is 11.6. The van der Waals surface area contributed by atoms with Crippen molar-refractivity contribution in [2.75, 3.05) is 0 Å². The fourth-order valence-corrected chi connectivity index (χ4v) is 2.44. The number of aromatic nitrogens is 2. The van der Waals surface area contributed by atoms with E-state index in [1.54, 1.807) is 0 Å². The summed E-state index contributed by atoms with van der Waals surface area (Å²) in [6.07, 6.45) is 1.83. The van der Waals surface area contributed by atoms with Crippen LogP contribution in [0, 0.1) is 13.8 Å². The second kappa shape index (κ2) is 4.93. The zero-order valence-corrected chi connectivity index (χ0v) is 12.0. The molecule has 100 valence electrons. The molecular weight excluding hydrogens is 246 g/mol. The fourth-order valence-electron chi connectivity index (χ4n) is 2.44. The van der Waals surface area contributed by atoms with E-state index < -0.39 is 0 Å². The first-order valence-electron chi connectivity index (χ1n) is 6.67. The number of hydrogen-bond donors (Lipinski definition) is 0. The molecule has 0 unspecified atom stereocenters. The van der Waals surface area contributed by atoms with Crippen molar-refractivity contribution in [3.63, 3.8) is 0 Å². The lowest BCUT2D eigenvalue weighted by molar-refractivity contribution is 0.935. The number of rotatable bonds is 2. The zero-order chi connectivity index (χ0) is 14.1. The van der Waals surface area contributed by atoms with Crippen molar-refractivity contribution in [1.29, 1.82) is 0 Å². The van der Waals surface area contributed by atoms with E-state index >= 15 is 0 Å². The first-order valence-corrected chi connectivity index (χ1v) is 6.67. The highest BCUT2D eigenvalue weighted by Crippen LogP contribution is 2.18. The van der Waals surface area contributed by atoms with Crippen molar-refractivity contribution in [1.82, 2.24) is 9.55 Å². The van der Waals surface area contributed by atoms with Crippen LogP contribution in [0.1, 0.15) is 17.0 Å². The number of imidazole rings is 1. The molecule has 3 nitrogen and oxygen atoms in total. The Labute approximate surface area is 118 Å². The molecule has 1 aromatic heterocycles. The third-order valence-electron chi connectivity index (χ3n) is 3.36. The summed E-state index contributed by atoms with van der Waals surface area (Å²) in [5.74, 6) is 0.866. The van der Waals surface area contributed by atoms with Gasteiger partial charge >= 0.3 is 0 Å². The summed E-state index contributed by atoms with van der Waals surface area (Å²) in [5, 5.41) is 0. The van der Waals surface area contributed by atoms with Crippen LogP contribution in [0.15, 0.2) is 47.5 Å². The van der Waals surface area contributed by atoms with Crippen molar-refractivity contribution >= 4 is 22.9 Å². The van der Waals surface area contributed by atoms with Crippen molar-refractivity contribution in [3.05, 3.63) is 59.4 Å². The van der Waals surface area contributed by atoms with E-state index in [4.69, 9.17) is 0 Å². The Morgan fingerprint density at radius 2 is 1.75 bits per heavy atom. The standard InChI is InChI=1S/C17H17N3/c1-12-8-13(2)10-14(9-12)18-11-17-19-15-6-4-5-7-16(15)20(17)3/h4-11H,1-3H3/b18-11+. The Morgan fingerprint density at radius 1 is 1.05 bits per heavy atom. The second-order valence-electron chi connectivity index (χ2n) is 5.12. The van der Waals surface area contributed by atoms with Crippen LogP contribution in [-0.2, 0) is 7.05 Å². The molecule has 0 aliphatic carbocycles. The van der Waals surface area contributed by atoms with Crippen LogP contribution in [0.3, 0.4) is 0 Å². The Balaban J connectivity index is 2.00. The molecule has 20 heavy (non-hydrogen) atoms. The van der Waals surface area contributed by atoms with Gasteiger partial charge in [0.2, 0.25) is 0 Å². The van der Waals surface area contributed by atoms with Crippen LogP contribution in [-0.4, -0.2) is 15.8 Å². The molecule has 0 fully saturated rings. The van der Waals surface area contributed by atoms with E-state index in [1.807, 2.05) is 31.5 Å². The maximum Gasteiger partial charge on any atom is 0.152 e. The van der Waals surface area contributed by atoms with Crippen LogP contribution in [0.5, 0.6) is 0 Å². The maximum atomic E-state index is 4.59. The Hall–Kier alpha value is -2.42. The molecule has 0 atom stereocenters. The van der Waals surface area contributed by atoms with Crippen LogP contribution < -0.4 is 0 Å². The van der Waals surface area contributed by atoms with Gasteiger partial charge in [0, 0.05) is 7.05 Å². The molecule has 0 bridgehead atoms. The van der Waals surface area contributed by atoms with Gasteiger partial charge in [0.25, 0.3) is 0 Å². The number of para-hydroxylation sites is 2. The summed E-state index contributed by atoms with van der Waals surface area (Å²) in [6, 6.07) is 14.4. The number of aliphatic imine (C=N–C) groups is 1. The van der Waals surface area contributed by atoms with Crippen LogP contribution in [0.2, 0.25) is 0 Å². The second-order valence-corrected chi connectivity index (χ2v) is 5.12. The molecule has 0 saturated heterocycles. The predicted octanol–water partition coefficient (Wildman–Crippen LogP) is 3.94. The van der Waals surface area contributed by atoms with Gasteiger partial charge in [0.1, 0.15) is 0 Å². The summed E-state index contributed by atoms with van der Waals surface area (Å²) >= 11 is 0. The molecule has 3 rings (SSSR count). The molecule has 0 amide bonds. The Morgan fingerprint density at radius 3 is 2.45 bits per heavy atom. The van der Waals surface area contributed by atoms with E-state index in [2.05, 4.69) is 52.7 Å². The van der Waals surface area contributed by atoms with Crippen LogP contribution >= 0.6 is 0 Å². The molecule has 2 aromatic carbocycles. The van der Waals surface area contributed by atoms with Gasteiger partial charge in [-0.3, -0.25) is 4.99 Å². The fraction of sp³-hybridized carbons (Fsp3) is 0.176. The van der Waals surface area contributed by atoms with Gasteiger partial charge in [-0.2, -0.15) is 0 Å². The van der Waals surface area contributed by atoms with E-state index in [1.165, 1.54) is 11.1 Å². The number of aryl methyl sites for hydroxylation is 3. The topological polar surface area (TPSA) is 30.2 Å². The van der Waals surface area contributed by atoms with Crippen molar-refractivity contribution in [3.8, 4) is 0 Å². The Kier molecular flexibility index (Phi) is 3.11. The quantitative estimate of drug-likeness (QED) is 0.644. The summed E-state index contributed by atoms with van der Waals surface area (Å²) < 4.78 is 2.06. The van der Waals surface area contributed by atoms with Crippen LogP contribution in [0.4, 0.5) is 5.69 Å². The third kappa shape index (κ3) is 2.35. The minimum absolute atomic E-state index is 0.866. The van der Waals surface area contributed by atoms with E-state index in [9.17, 15) is 0 Å². The molecule has 0 spiro atoms. The van der Waals surface area contributed by atoms with Gasteiger partial charge in [-0.05, 0) is 49.2 Å². The van der Waals surface area contributed by atoms with E-state index in [0.717, 1.165) is 22.5 Å². The molecular formula is C17H17N3. The molecule has 3 aromatic rings.